The molecule has 55 heteroatoms. The molecule has 0 saturated carbocycles. The molecule has 29 nitrogen and oxygen atoms in total. The van der Waals surface area contributed by atoms with Crippen LogP contribution in [-0.4, -0.2) is 171 Å². The first-order valence-corrected chi connectivity index (χ1v) is 44.7. The van der Waals surface area contributed by atoms with Crippen LogP contribution in [0.1, 0.15) is 175 Å². The monoisotopic (exact) mass is 2570 g/mol. The fourth-order valence-electron chi connectivity index (χ4n) is 10.1. The Balaban J connectivity index is 0. The number of hydrogen-bond acceptors (Lipinski definition) is 21. The minimum absolute atomic E-state index is 0. The Morgan fingerprint density at radius 3 is 0.980 bits per heavy atom. The van der Waals surface area contributed by atoms with E-state index in [1.54, 1.807) is 86.6 Å². The molecule has 0 atom stereocenters. The van der Waals surface area contributed by atoms with Crippen LogP contribution in [0, 0.1) is 52.8 Å². The number of esters is 2. The number of aromatic carboxylic acids is 2. The van der Waals surface area contributed by atoms with Gasteiger partial charge in [-0.3, -0.25) is 33.6 Å². The summed E-state index contributed by atoms with van der Waals surface area (Å²) in [6, 6.07) is 38.2. The third kappa shape index (κ3) is 44.4. The van der Waals surface area contributed by atoms with Crippen LogP contribution in [-0.2, 0) is 67.8 Å². The van der Waals surface area contributed by atoms with Crippen LogP contribution in [0.4, 0.5) is 87.3 Å². The Labute approximate surface area is 928 Å². The topological polar surface area (TPSA) is 479 Å². The van der Waals surface area contributed by atoms with Crippen LogP contribution in [0.25, 0.3) is 0 Å². The number of ketones is 1. The number of amides is 5. The van der Waals surface area contributed by atoms with Crippen molar-refractivity contribution in [3.05, 3.63) is 270 Å². The third-order valence-corrected chi connectivity index (χ3v) is 22.0. The van der Waals surface area contributed by atoms with Crippen molar-refractivity contribution in [3.8, 4) is 11.8 Å². The van der Waals surface area contributed by atoms with Crippen LogP contribution >= 0.6 is 89.9 Å². The number of aromatic nitrogens is 2. The zero-order chi connectivity index (χ0) is 113. The molecule has 0 fully saturated rings. The summed E-state index contributed by atoms with van der Waals surface area (Å²) >= 11 is 35.8. The van der Waals surface area contributed by atoms with Crippen molar-refractivity contribution in [2.75, 3.05) is 42.8 Å². The van der Waals surface area contributed by atoms with E-state index in [1.807, 2.05) is 0 Å². The predicted octanol–water partition coefficient (Wildman–Crippen LogP) is 18.4. The smallest absolute Gasteiger partial charge is 0.870 e. The Morgan fingerprint density at radius 1 is 0.419 bits per heavy atom. The standard InChI is InChI=1S/C28H24BrClF5N3O4.C15H17ClF3NO3.C14H12BrF2N3O2.C13H13ClF3NO3.C10H12ClNO2.C8H8ClNO2.C5H7F3O2.BH2.Na.H2O.U/c1-27(2,28(33,34)35)26(41)37-12-15-3-8-21(30)19(9-15)22(39)11-16-10-20(25(36-13-16)42-14-23(31)32)24(40)38-18-6-4-17(29)5-7-18;1-4-23-12(21)10-7-9(5-6-11(10)16)8-20-13(22)14(2,3)15(17,18)19;15-8-1-3-10(4-2-8)20-13(21)11-5-9(18)6-19-14(11)22-7-12(16)17;1-12(2,13(15,16)17)11(21)18-6-7-3-4-9(14)8(5-7)10(19)20;1-2-14-10(13)8-5-7(6-12)3-4-9(8)11;9-7-2-1-5(4-10)3-6(7)8(11)12;1-4(2,3(9)10)5(6,7)8;;;;/h3-10,13,23H,11-12,14H2,1-2H3,(H,37,41)(H,38,40);5-7H,4,8H2,1-3H3,(H,20,22);1-6,12H,7,18H2,(H,20,21);3-5H,6H2,1-2H3,(H,18,21)(H,19,20);3-5H,2,6,12H2,1H3;1-3H,4,10H2,(H,11,12);1-2H3,(H,9,10);1H2;;1H2;/q;;;;;;;;+1;;/p-1/i;;;;;;;1T2;;;. The number of hydrogen-bond donors (Lipinski definition) is 11. The van der Waals surface area contributed by atoms with Gasteiger partial charge < -0.3 is 83.5 Å². The molecule has 2 heterocycles. The summed E-state index contributed by atoms with van der Waals surface area (Å²) in [7, 11) is 0.500. The van der Waals surface area contributed by atoms with Crippen LogP contribution in [0.5, 0.6) is 11.8 Å². The number of Topliss-reactive ketones (excluding diaryl/α,β-unsaturated/α-hetero) is 1. The molecule has 0 bridgehead atoms. The first kappa shape index (κ1) is 136. The van der Waals surface area contributed by atoms with E-state index in [9.17, 15) is 123 Å². The normalized spacial score (nSPS) is 11.2. The number of pyridine rings is 2. The number of rotatable bonds is 31. The zero-order valence-corrected chi connectivity index (χ0v) is 92.7. The summed E-state index contributed by atoms with van der Waals surface area (Å²) < 4.78 is 234. The van der Waals surface area contributed by atoms with Crippen molar-refractivity contribution in [1.29, 1.82) is 2.67 Å². The molecule has 15 N–H and O–H groups in total. The van der Waals surface area contributed by atoms with Crippen molar-refractivity contribution in [2.45, 2.75) is 146 Å². The molecule has 9 aromatic rings. The summed E-state index contributed by atoms with van der Waals surface area (Å²) in [6.45, 7) is 7.92. The average Bonchev–Trinajstić information content (AvgIpc) is 0.822. The number of carboxylic acid groups (broad SMARTS) is 3. The van der Waals surface area contributed by atoms with Crippen LogP contribution < -0.4 is 82.8 Å². The molecule has 9 rings (SSSR count). The van der Waals surface area contributed by atoms with Gasteiger partial charge in [0.2, 0.25) is 29.5 Å². The third-order valence-electron chi connectivity index (χ3n) is 19.3. The second-order valence-electron chi connectivity index (χ2n) is 31.6. The fraction of sp³-hybridized carbons (Fsp3) is 0.323. The number of alkyl halides is 16. The molecule has 2 aromatic heterocycles. The molecule has 5 amide bonds. The minimum Gasteiger partial charge on any atom is -0.870 e. The van der Waals surface area contributed by atoms with Crippen molar-refractivity contribution < 1.29 is 223 Å². The van der Waals surface area contributed by atoms with Gasteiger partial charge in [-0.15, -0.1) is 0 Å². The van der Waals surface area contributed by atoms with E-state index in [0.717, 1.165) is 61.6 Å². The van der Waals surface area contributed by atoms with Crippen molar-refractivity contribution in [2.24, 2.45) is 33.1 Å². The summed E-state index contributed by atoms with van der Waals surface area (Å²) in [5.74, 6) is -11.2. The number of nitrogens with two attached hydrogens (primary N) is 3. The molecule has 1 radical (unpaired) electrons. The van der Waals surface area contributed by atoms with Gasteiger partial charge in [0.05, 0.1) is 80.8 Å². The summed E-state index contributed by atoms with van der Waals surface area (Å²) in [5, 5.41) is 38.2. The number of benzene rings is 7. The minimum atomic E-state index is -4.76. The van der Waals surface area contributed by atoms with Gasteiger partial charge >= 0.3 is 84.1 Å². The number of halogens is 23. The van der Waals surface area contributed by atoms with Crippen molar-refractivity contribution >= 4 is 180 Å². The van der Waals surface area contributed by atoms with E-state index in [2.05, 4.69) is 68.4 Å². The molecule has 7 aromatic carbocycles. The quantitative estimate of drug-likeness (QED) is 0.00832. The number of carbonyl (C=O) groups is 11. The molecule has 0 unspecified atom stereocenters. The van der Waals surface area contributed by atoms with E-state index in [0.29, 0.717) is 80.5 Å². The predicted molar refractivity (Wildman–Crippen MR) is 520 cm³/mol. The maximum Gasteiger partial charge on any atom is 1.00 e. The molecule has 0 aliphatic rings. The van der Waals surface area contributed by atoms with Gasteiger partial charge in [0.25, 0.3) is 24.7 Å². The number of aliphatic carboxylic acids is 1. The largest absolute Gasteiger partial charge is 1.00 e. The van der Waals surface area contributed by atoms with Gasteiger partial charge in [-0.2, -0.15) is 52.7 Å². The Kier molecular flexibility index (Phi) is 58.1. The van der Waals surface area contributed by atoms with Crippen molar-refractivity contribution in [1.82, 2.24) is 25.9 Å². The summed E-state index contributed by atoms with van der Waals surface area (Å²) in [6.07, 6.45) is -22.2. The van der Waals surface area contributed by atoms with Gasteiger partial charge in [0, 0.05) is 102 Å². The summed E-state index contributed by atoms with van der Waals surface area (Å²) in [5.41, 5.74) is 10.3. The van der Waals surface area contributed by atoms with E-state index in [4.69, 9.17) is 112 Å². The van der Waals surface area contributed by atoms with Gasteiger partial charge in [0.1, 0.15) is 27.4 Å². The van der Waals surface area contributed by atoms with E-state index < -0.39 is 138 Å². The zero-order valence-electron chi connectivity index (χ0n) is 81.6. The fourth-order valence-corrected chi connectivity index (χ4v) is 11.6. The molecule has 0 aliphatic carbocycles. The molecule has 0 saturated heterocycles. The van der Waals surface area contributed by atoms with Gasteiger partial charge in [-0.05, 0) is 227 Å². The number of anilines is 3. The van der Waals surface area contributed by atoms with Gasteiger partial charge in [-0.25, -0.2) is 46.7 Å². The Bertz CT molecular complexity index is 6040. The molecular weight excluding hydrogens is 2470 g/mol. The average molecular weight is 2570 g/mol. The first-order valence-electron chi connectivity index (χ1n) is 42.4. The van der Waals surface area contributed by atoms with Gasteiger partial charge in [0.15, 0.2) is 24.4 Å². The molecule has 0 spiro atoms. The van der Waals surface area contributed by atoms with Crippen molar-refractivity contribution in [3.63, 3.8) is 0 Å². The number of nitrogens with one attached hydrogen (secondary N) is 5. The SMILES string of the molecule is CC(C)(C(=O)NCc1ccc(Cl)c(C(=O)Cc2cnc(OCC(F)F)c(C(=O)Nc3ccc(Br)cc3)c2)c1)C(F)(F)F.CC(C)(C(=O)NCc1ccc(Cl)c(C(=O)O)c1)C(F)(F)F.CC(C)(C(=O)O)C(F)(F)F.CCOC(=O)c1cc(CN)ccc1Cl.CCOC(=O)c1cc(CNC(=O)C(C)(C)C(F)(F)F)ccc1Cl.NCc1ccc(Cl)c(C(=O)O)c1.Nc1cnc(OCC(F)F)c(C(=O)Nc2ccc(Br)cc2)c1.[3H][B][3H].[Na+].[OH-].[U]. The molecular formula is C93H96BBr2Cl5F16N10NaO19U. The maximum absolute atomic E-state index is 13.1. The number of ether oxygens (including phenoxy) is 4. The number of carbonyl (C=O) groups excluding carboxylic acids is 8. The summed E-state index contributed by atoms with van der Waals surface area (Å²) in [4.78, 5) is 136. The maximum atomic E-state index is 13.1. The van der Waals surface area contributed by atoms with Crippen LogP contribution in [0.15, 0.2) is 173 Å². The molecule has 148 heavy (non-hydrogen) atoms. The Morgan fingerprint density at radius 2 is 0.689 bits per heavy atom. The second-order valence-corrected chi connectivity index (χ2v) is 35.5. The number of nitrogen functional groups attached to an aromatic ring is 1. The van der Waals surface area contributed by atoms with Crippen LogP contribution in [0.2, 0.25) is 25.1 Å². The van der Waals surface area contributed by atoms with E-state index in [-0.39, 0.29) is 175 Å². The molecule has 801 valence electrons. The Hall–Kier alpha value is -10.1. The van der Waals surface area contributed by atoms with E-state index >= 15 is 0 Å². The number of carboxylic acids is 3. The first-order chi connectivity index (χ1) is 67.9. The number of nitrogens with zero attached hydrogens (tertiary/aromatic N) is 2. The van der Waals surface area contributed by atoms with Gasteiger partial charge in [-0.1, -0.05) is 120 Å². The van der Waals surface area contributed by atoms with E-state index in [1.165, 1.54) is 91.3 Å². The van der Waals surface area contributed by atoms with Crippen LogP contribution in [0.3, 0.4) is 0 Å². The molecule has 0 aliphatic heterocycles. The second kappa shape index (κ2) is 63.3.